The lowest BCUT2D eigenvalue weighted by molar-refractivity contribution is 0.526. The molecule has 0 aliphatic carbocycles. The highest BCUT2D eigenvalue weighted by molar-refractivity contribution is 5.89. The molecule has 0 radical (unpaired) electrons. The predicted molar refractivity (Wildman–Crippen MR) is 174 cm³/mol. The molecule has 0 saturated heterocycles. The second-order valence-corrected chi connectivity index (χ2v) is 11.2. The highest BCUT2D eigenvalue weighted by Gasteiger charge is 2.42. The lowest BCUT2D eigenvalue weighted by Gasteiger charge is -2.38. The highest BCUT2D eigenvalue weighted by atomic mass is 14.7. The number of rotatable bonds is 7. The molecule has 0 saturated carbocycles. The van der Waals surface area contributed by atoms with Crippen molar-refractivity contribution in [2.45, 2.75) is 17.8 Å². The Bertz CT molecular complexity index is 2020. The number of hydrogen-bond donors (Lipinski definition) is 3. The van der Waals surface area contributed by atoms with E-state index in [0.717, 1.165) is 23.0 Å². The van der Waals surface area contributed by atoms with E-state index >= 15 is 0 Å². The molecule has 8 rings (SSSR count). The maximum absolute atomic E-state index is 3.62. The van der Waals surface area contributed by atoms with Crippen LogP contribution >= 0.6 is 0 Å². The van der Waals surface area contributed by atoms with E-state index in [1.807, 2.05) is 0 Å². The molecular weight excluding hydrogens is 510 g/mol. The molecule has 0 aliphatic heterocycles. The van der Waals surface area contributed by atoms with Gasteiger partial charge in [0.1, 0.15) is 0 Å². The number of fused-ring (bicyclic) bond motifs is 3. The minimum atomic E-state index is -0.441. The first-order chi connectivity index (χ1) is 20.8. The normalized spacial score (nSPS) is 12.1. The number of H-pyrrole nitrogens is 3. The molecule has 5 aromatic carbocycles. The first kappa shape index (κ1) is 24.5. The number of hydrogen-bond acceptors (Lipinski definition) is 0. The van der Waals surface area contributed by atoms with Gasteiger partial charge in [-0.3, -0.25) is 0 Å². The van der Waals surface area contributed by atoms with Gasteiger partial charge in [0.25, 0.3) is 0 Å². The Morgan fingerprint density at radius 2 is 0.833 bits per heavy atom. The fraction of sp³-hybridized carbons (Fsp3) is 0.0769. The fourth-order valence-corrected chi connectivity index (χ4v) is 7.15. The Morgan fingerprint density at radius 3 is 1.36 bits per heavy atom. The standard InChI is InChI=1S/C39H31N3/c1-3-13-27(14-4-1)39(28-15-5-2-6-16-28,35-26-42-38-22-12-9-19-31(35)38)23-32(33-24-40-36-20-10-7-17-29(33)36)34-25-41-37-21-11-8-18-30(34)37/h1-22,24-26,32,40-42H,23H2. The number of aromatic amines is 3. The van der Waals surface area contributed by atoms with Crippen LogP contribution in [0.5, 0.6) is 0 Å². The van der Waals surface area contributed by atoms with Gasteiger partial charge in [0.05, 0.1) is 0 Å². The molecule has 0 amide bonds. The summed E-state index contributed by atoms with van der Waals surface area (Å²) in [6, 6.07) is 48.2. The van der Waals surface area contributed by atoms with Gasteiger partial charge < -0.3 is 15.0 Å². The second-order valence-electron chi connectivity index (χ2n) is 11.2. The fourth-order valence-electron chi connectivity index (χ4n) is 7.15. The number of aromatic nitrogens is 3. The summed E-state index contributed by atoms with van der Waals surface area (Å²) >= 11 is 0. The van der Waals surface area contributed by atoms with Crippen molar-refractivity contribution >= 4 is 32.7 Å². The zero-order valence-corrected chi connectivity index (χ0v) is 23.2. The smallest absolute Gasteiger partial charge is 0.0481 e. The van der Waals surface area contributed by atoms with Crippen molar-refractivity contribution in [1.29, 1.82) is 0 Å². The van der Waals surface area contributed by atoms with Gasteiger partial charge >= 0.3 is 0 Å². The quantitative estimate of drug-likeness (QED) is 0.180. The van der Waals surface area contributed by atoms with Gasteiger partial charge in [-0.05, 0) is 52.4 Å². The summed E-state index contributed by atoms with van der Waals surface area (Å²) in [6.07, 6.45) is 7.54. The molecule has 0 bridgehead atoms. The van der Waals surface area contributed by atoms with Crippen molar-refractivity contribution in [1.82, 2.24) is 15.0 Å². The largest absolute Gasteiger partial charge is 0.361 e. The van der Waals surface area contributed by atoms with E-state index in [0.29, 0.717) is 0 Å². The summed E-state index contributed by atoms with van der Waals surface area (Å²) in [5.74, 6) is 0.0892. The van der Waals surface area contributed by atoms with Gasteiger partial charge in [0.15, 0.2) is 0 Å². The first-order valence-electron chi connectivity index (χ1n) is 14.6. The summed E-state index contributed by atoms with van der Waals surface area (Å²) in [7, 11) is 0. The molecule has 3 nitrogen and oxygen atoms in total. The van der Waals surface area contributed by atoms with Crippen molar-refractivity contribution in [3.63, 3.8) is 0 Å². The van der Waals surface area contributed by atoms with Crippen LogP contribution in [0.15, 0.2) is 152 Å². The highest BCUT2D eigenvalue weighted by Crippen LogP contribution is 2.51. The number of para-hydroxylation sites is 3. The predicted octanol–water partition coefficient (Wildman–Crippen LogP) is 9.69. The number of nitrogens with one attached hydrogen (secondary N) is 3. The molecule has 3 heteroatoms. The molecule has 42 heavy (non-hydrogen) atoms. The Morgan fingerprint density at radius 1 is 0.429 bits per heavy atom. The molecule has 202 valence electrons. The third-order valence-electron chi connectivity index (χ3n) is 9.09. The number of benzene rings is 5. The summed E-state index contributed by atoms with van der Waals surface area (Å²) in [5.41, 5.74) is 9.52. The van der Waals surface area contributed by atoms with Crippen molar-refractivity contribution < 1.29 is 0 Å². The van der Waals surface area contributed by atoms with Crippen LogP contribution in [0.3, 0.4) is 0 Å². The lowest BCUT2D eigenvalue weighted by Crippen LogP contribution is -2.32. The van der Waals surface area contributed by atoms with Crippen molar-refractivity contribution in [2.75, 3.05) is 0 Å². The second kappa shape index (κ2) is 9.97. The summed E-state index contributed by atoms with van der Waals surface area (Å²) in [4.78, 5) is 10.8. The van der Waals surface area contributed by atoms with Crippen LogP contribution in [0, 0.1) is 0 Å². The molecule has 3 N–H and O–H groups in total. The topological polar surface area (TPSA) is 47.4 Å². The zero-order valence-electron chi connectivity index (χ0n) is 23.2. The minimum absolute atomic E-state index is 0.0892. The van der Waals surface area contributed by atoms with Gasteiger partial charge in [-0.2, -0.15) is 0 Å². The molecule has 3 aromatic heterocycles. The van der Waals surface area contributed by atoms with Gasteiger partial charge in [0.2, 0.25) is 0 Å². The van der Waals surface area contributed by atoms with Crippen LogP contribution in [0.1, 0.15) is 40.2 Å². The monoisotopic (exact) mass is 541 g/mol. The van der Waals surface area contributed by atoms with E-state index < -0.39 is 5.41 Å². The summed E-state index contributed by atoms with van der Waals surface area (Å²) < 4.78 is 0. The van der Waals surface area contributed by atoms with Crippen LogP contribution in [0.25, 0.3) is 32.7 Å². The van der Waals surface area contributed by atoms with Crippen LogP contribution in [0.4, 0.5) is 0 Å². The maximum Gasteiger partial charge on any atom is 0.0481 e. The van der Waals surface area contributed by atoms with Crippen LogP contribution in [-0.4, -0.2) is 15.0 Å². The van der Waals surface area contributed by atoms with Gasteiger partial charge in [-0.15, -0.1) is 0 Å². The van der Waals surface area contributed by atoms with Crippen molar-refractivity contribution in [3.05, 3.63) is 180 Å². The van der Waals surface area contributed by atoms with Crippen LogP contribution in [0.2, 0.25) is 0 Å². The van der Waals surface area contributed by atoms with Gasteiger partial charge in [-0.1, -0.05) is 115 Å². The first-order valence-corrected chi connectivity index (χ1v) is 14.6. The average molecular weight is 542 g/mol. The van der Waals surface area contributed by atoms with Crippen molar-refractivity contribution in [3.8, 4) is 0 Å². The van der Waals surface area contributed by atoms with E-state index in [4.69, 9.17) is 0 Å². The van der Waals surface area contributed by atoms with E-state index in [1.54, 1.807) is 0 Å². The summed E-state index contributed by atoms with van der Waals surface area (Å²) in [6.45, 7) is 0. The molecule has 3 heterocycles. The van der Waals surface area contributed by atoms with Crippen LogP contribution < -0.4 is 0 Å². The Balaban J connectivity index is 1.47. The third kappa shape index (κ3) is 3.82. The molecule has 8 aromatic rings. The molecule has 0 aliphatic rings. The van der Waals surface area contributed by atoms with Gasteiger partial charge in [0, 0.05) is 62.6 Å². The lowest BCUT2D eigenvalue weighted by atomic mass is 9.63. The molecular formula is C39H31N3. The Kier molecular flexibility index (Phi) is 5.82. The molecule has 0 spiro atoms. The minimum Gasteiger partial charge on any atom is -0.361 e. The van der Waals surface area contributed by atoms with E-state index in [2.05, 4.69) is 167 Å². The molecule has 0 fully saturated rings. The van der Waals surface area contributed by atoms with Crippen molar-refractivity contribution in [2.24, 2.45) is 0 Å². The van der Waals surface area contributed by atoms with Gasteiger partial charge in [-0.25, -0.2) is 0 Å². The van der Waals surface area contributed by atoms with E-state index in [-0.39, 0.29) is 5.92 Å². The summed E-state index contributed by atoms with van der Waals surface area (Å²) in [5, 5.41) is 3.78. The molecule has 0 atom stereocenters. The Labute approximate surface area is 244 Å². The van der Waals surface area contributed by atoms with E-state index in [9.17, 15) is 0 Å². The third-order valence-corrected chi connectivity index (χ3v) is 9.09. The van der Waals surface area contributed by atoms with Crippen LogP contribution in [-0.2, 0) is 5.41 Å². The molecule has 0 unspecified atom stereocenters. The maximum atomic E-state index is 3.62. The van der Waals surface area contributed by atoms with E-state index in [1.165, 1.54) is 44.0 Å². The Hall–Kier alpha value is -5.28. The average Bonchev–Trinajstić information content (AvgIpc) is 3.80. The SMILES string of the molecule is c1ccc(C(CC(c2c[nH]c3ccccc23)c2c[nH]c3ccccc23)(c2ccccc2)c2c[nH]c3ccccc23)cc1. The zero-order chi connectivity index (χ0) is 27.9.